The van der Waals surface area contributed by atoms with Crippen LogP contribution in [0.2, 0.25) is 0 Å². The van der Waals surface area contributed by atoms with Crippen molar-refractivity contribution in [2.24, 2.45) is 0 Å². The maximum Gasteiger partial charge on any atom is 0.356 e. The number of aromatic nitrogens is 4. The second kappa shape index (κ2) is 4.77. The van der Waals surface area contributed by atoms with Gasteiger partial charge in [0.05, 0.1) is 12.9 Å². The number of carboxylic acid groups (broad SMARTS) is 1. The molecule has 0 fully saturated rings. The van der Waals surface area contributed by atoms with Crippen LogP contribution < -0.4 is 0 Å². The maximum atomic E-state index is 10.6. The fraction of sp³-hybridized carbons (Fsp3) is 0.400. The van der Waals surface area contributed by atoms with Gasteiger partial charge in [0, 0.05) is 12.6 Å². The van der Waals surface area contributed by atoms with Crippen molar-refractivity contribution in [1.29, 1.82) is 0 Å². The van der Waals surface area contributed by atoms with Crippen LogP contribution in [0.15, 0.2) is 17.0 Å². The molecular weight excluding hydrogens is 224 g/mol. The monoisotopic (exact) mass is 236 g/mol. The number of imidazole rings is 1. The van der Waals surface area contributed by atoms with Crippen molar-refractivity contribution < 1.29 is 14.4 Å². The molecule has 90 valence electrons. The number of aryl methyl sites for hydroxylation is 1. The minimum absolute atomic E-state index is 0.00211. The molecule has 17 heavy (non-hydrogen) atoms. The highest BCUT2D eigenvalue weighted by Crippen LogP contribution is 2.04. The first-order valence-corrected chi connectivity index (χ1v) is 5.25. The van der Waals surface area contributed by atoms with E-state index in [0.717, 1.165) is 12.8 Å². The Labute approximate surface area is 97.1 Å². The summed E-state index contributed by atoms with van der Waals surface area (Å²) in [6.07, 6.45) is 4.55. The Balaban J connectivity index is 2.05. The van der Waals surface area contributed by atoms with Crippen LogP contribution in [0.3, 0.4) is 0 Å². The zero-order valence-electron chi connectivity index (χ0n) is 9.33. The van der Waals surface area contributed by atoms with Gasteiger partial charge in [0.15, 0.2) is 11.5 Å². The molecule has 0 aliphatic carbocycles. The third-order valence-corrected chi connectivity index (χ3v) is 2.15. The van der Waals surface area contributed by atoms with E-state index in [0.29, 0.717) is 18.3 Å². The molecule has 2 heterocycles. The van der Waals surface area contributed by atoms with Crippen LogP contribution in [0.1, 0.15) is 35.5 Å². The predicted octanol–water partition coefficient (Wildman–Crippen LogP) is 0.965. The van der Waals surface area contributed by atoms with Crippen LogP contribution in [0, 0.1) is 0 Å². The Hall–Kier alpha value is -2.18. The normalized spacial score (nSPS) is 10.6. The standard InChI is InChI=1S/C10H12N4O3/c1-2-3-9-12-8(13-17-9)5-14-4-7(10(15)16)11-6-14/h4,6H,2-3,5H2,1H3,(H,15,16). The lowest BCUT2D eigenvalue weighted by Crippen LogP contribution is -2.00. The van der Waals surface area contributed by atoms with Crippen LogP contribution >= 0.6 is 0 Å². The van der Waals surface area contributed by atoms with Gasteiger partial charge in [0.2, 0.25) is 5.89 Å². The molecule has 1 N–H and O–H groups in total. The van der Waals surface area contributed by atoms with Crippen molar-refractivity contribution >= 4 is 5.97 Å². The van der Waals surface area contributed by atoms with E-state index in [1.54, 1.807) is 4.57 Å². The summed E-state index contributed by atoms with van der Waals surface area (Å²) >= 11 is 0. The van der Waals surface area contributed by atoms with Crippen LogP contribution in [0.25, 0.3) is 0 Å². The molecule has 0 aliphatic heterocycles. The zero-order valence-corrected chi connectivity index (χ0v) is 9.33. The molecule has 0 spiro atoms. The summed E-state index contributed by atoms with van der Waals surface area (Å²) in [5, 5.41) is 12.5. The van der Waals surface area contributed by atoms with Gasteiger partial charge in [-0.1, -0.05) is 12.1 Å². The Morgan fingerprint density at radius 2 is 2.41 bits per heavy atom. The van der Waals surface area contributed by atoms with Crippen molar-refractivity contribution in [3.63, 3.8) is 0 Å². The number of carboxylic acids is 1. The molecule has 2 aromatic rings. The Morgan fingerprint density at radius 1 is 1.59 bits per heavy atom. The summed E-state index contributed by atoms with van der Waals surface area (Å²) in [5.74, 6) is 0.0624. The van der Waals surface area contributed by atoms with E-state index >= 15 is 0 Å². The lowest BCUT2D eigenvalue weighted by atomic mass is 10.3. The predicted molar refractivity (Wildman–Crippen MR) is 56.6 cm³/mol. The lowest BCUT2D eigenvalue weighted by Gasteiger charge is -1.93. The quantitative estimate of drug-likeness (QED) is 0.831. The fourth-order valence-electron chi connectivity index (χ4n) is 1.39. The smallest absolute Gasteiger partial charge is 0.356 e. The largest absolute Gasteiger partial charge is 0.476 e. The van der Waals surface area contributed by atoms with Crippen molar-refractivity contribution in [3.05, 3.63) is 29.9 Å². The molecular formula is C10H12N4O3. The van der Waals surface area contributed by atoms with Gasteiger partial charge in [0.1, 0.15) is 0 Å². The molecule has 0 unspecified atom stereocenters. The maximum absolute atomic E-state index is 10.6. The Morgan fingerprint density at radius 3 is 3.06 bits per heavy atom. The van der Waals surface area contributed by atoms with E-state index in [4.69, 9.17) is 9.63 Å². The first kappa shape index (κ1) is 11.3. The second-order valence-electron chi connectivity index (χ2n) is 3.59. The third-order valence-electron chi connectivity index (χ3n) is 2.15. The number of hydrogen-bond donors (Lipinski definition) is 1. The highest BCUT2D eigenvalue weighted by atomic mass is 16.5. The van der Waals surface area contributed by atoms with Gasteiger partial charge in [-0.3, -0.25) is 0 Å². The van der Waals surface area contributed by atoms with Crippen LogP contribution in [0.5, 0.6) is 0 Å². The van der Waals surface area contributed by atoms with Crippen LogP contribution in [-0.4, -0.2) is 30.8 Å². The van der Waals surface area contributed by atoms with Gasteiger partial charge in [-0.05, 0) is 6.42 Å². The molecule has 0 amide bonds. The summed E-state index contributed by atoms with van der Waals surface area (Å²) in [6.45, 7) is 2.38. The van der Waals surface area contributed by atoms with Gasteiger partial charge in [-0.25, -0.2) is 9.78 Å². The second-order valence-corrected chi connectivity index (χ2v) is 3.59. The number of carbonyl (C=O) groups is 1. The number of hydrogen-bond acceptors (Lipinski definition) is 5. The van der Waals surface area contributed by atoms with Gasteiger partial charge in [-0.2, -0.15) is 4.98 Å². The molecule has 0 saturated heterocycles. The molecule has 0 saturated carbocycles. The molecule has 7 heteroatoms. The highest BCUT2D eigenvalue weighted by molar-refractivity contribution is 5.84. The van der Waals surface area contributed by atoms with E-state index in [1.165, 1.54) is 12.5 Å². The number of nitrogens with zero attached hydrogens (tertiary/aromatic N) is 4. The summed E-state index contributed by atoms with van der Waals surface area (Å²) in [6, 6.07) is 0. The van der Waals surface area contributed by atoms with Gasteiger partial charge in [0.25, 0.3) is 0 Å². The van der Waals surface area contributed by atoms with Crippen molar-refractivity contribution in [3.8, 4) is 0 Å². The lowest BCUT2D eigenvalue weighted by molar-refractivity contribution is 0.0691. The number of aromatic carboxylic acids is 1. The summed E-state index contributed by atoms with van der Waals surface area (Å²) < 4.78 is 6.62. The van der Waals surface area contributed by atoms with Gasteiger partial charge < -0.3 is 14.2 Å². The van der Waals surface area contributed by atoms with E-state index in [2.05, 4.69) is 15.1 Å². The minimum Gasteiger partial charge on any atom is -0.476 e. The molecule has 2 aromatic heterocycles. The van der Waals surface area contributed by atoms with Crippen molar-refractivity contribution in [1.82, 2.24) is 19.7 Å². The topological polar surface area (TPSA) is 94.0 Å². The highest BCUT2D eigenvalue weighted by Gasteiger charge is 2.09. The Kier molecular flexibility index (Phi) is 3.17. The molecule has 2 rings (SSSR count). The molecule has 0 aromatic carbocycles. The average molecular weight is 236 g/mol. The van der Waals surface area contributed by atoms with E-state index in [9.17, 15) is 4.79 Å². The summed E-state index contributed by atoms with van der Waals surface area (Å²) in [4.78, 5) is 18.5. The van der Waals surface area contributed by atoms with E-state index < -0.39 is 5.97 Å². The first-order valence-electron chi connectivity index (χ1n) is 5.25. The van der Waals surface area contributed by atoms with Crippen LogP contribution in [-0.2, 0) is 13.0 Å². The molecule has 0 aliphatic rings. The van der Waals surface area contributed by atoms with E-state index in [-0.39, 0.29) is 5.69 Å². The Bertz CT molecular complexity index is 517. The average Bonchev–Trinajstić information content (AvgIpc) is 2.89. The third kappa shape index (κ3) is 2.68. The molecule has 0 atom stereocenters. The van der Waals surface area contributed by atoms with Crippen molar-refractivity contribution in [2.75, 3.05) is 0 Å². The summed E-state index contributed by atoms with van der Waals surface area (Å²) in [7, 11) is 0. The van der Waals surface area contributed by atoms with E-state index in [1.807, 2.05) is 6.92 Å². The molecule has 0 radical (unpaired) electrons. The summed E-state index contributed by atoms with van der Waals surface area (Å²) in [5.41, 5.74) is 0.00211. The van der Waals surface area contributed by atoms with Gasteiger partial charge in [-0.15, -0.1) is 0 Å². The molecule has 0 bridgehead atoms. The first-order chi connectivity index (χ1) is 8.19. The van der Waals surface area contributed by atoms with Crippen molar-refractivity contribution in [2.45, 2.75) is 26.3 Å². The molecule has 7 nitrogen and oxygen atoms in total. The minimum atomic E-state index is -1.05. The number of rotatable bonds is 5. The van der Waals surface area contributed by atoms with Crippen LogP contribution in [0.4, 0.5) is 0 Å². The fourth-order valence-corrected chi connectivity index (χ4v) is 1.39. The zero-order chi connectivity index (χ0) is 12.3. The SMILES string of the molecule is CCCc1nc(Cn2cnc(C(=O)O)c2)no1. The van der Waals surface area contributed by atoms with Gasteiger partial charge >= 0.3 is 5.97 Å².